The Morgan fingerprint density at radius 2 is 0.427 bits per heavy atom. The van der Waals surface area contributed by atoms with E-state index in [0.29, 0.717) is 23.3 Å². The minimum absolute atomic E-state index is 0.0838. The lowest BCUT2D eigenvalue weighted by Crippen LogP contribution is -2.13. The fraction of sp³-hybridized carbons (Fsp3) is 0.0463. The molecule has 0 spiro atoms. The summed E-state index contributed by atoms with van der Waals surface area (Å²) in [6.07, 6.45) is 0. The first kappa shape index (κ1) is 72.1. The van der Waals surface area contributed by atoms with E-state index in [2.05, 4.69) is 354 Å². The summed E-state index contributed by atoms with van der Waals surface area (Å²) < 4.78 is 0. The van der Waals surface area contributed by atoms with Gasteiger partial charge in [-0.2, -0.15) is 0 Å². The maximum absolute atomic E-state index is 5.32. The molecule has 0 N–H and O–H groups in total. The van der Waals surface area contributed by atoms with Crippen molar-refractivity contribution >= 4 is 43.6 Å². The summed E-state index contributed by atoms with van der Waals surface area (Å²) in [5.74, 6) is 2.59. The topological polar surface area (TPSA) is 116 Å². The smallest absolute Gasteiger partial charge is 0.164 e. The van der Waals surface area contributed by atoms with E-state index in [1.807, 2.05) is 67.6 Å². The molecule has 0 bridgehead atoms. The molecule has 0 radical (unpaired) electrons. The third kappa shape index (κ3) is 15.2. The molecule has 20 rings (SSSR count). The van der Waals surface area contributed by atoms with E-state index in [0.717, 1.165) is 172 Å². The van der Waals surface area contributed by atoms with E-state index in [9.17, 15) is 0 Å². The van der Waals surface area contributed by atoms with Crippen LogP contribution in [0.5, 0.6) is 0 Å². The number of benzene rings is 14. The lowest BCUT2D eigenvalue weighted by molar-refractivity contribution is 0.571. The molecule has 0 amide bonds. The summed E-state index contributed by atoms with van der Waals surface area (Å²) in [6.45, 7) is 8.64. The van der Waals surface area contributed by atoms with Crippen LogP contribution in [0.25, 0.3) is 201 Å². The summed E-state index contributed by atoms with van der Waals surface area (Å²) in [5, 5.41) is 4.36. The molecule has 0 saturated carbocycles. The van der Waals surface area contributed by atoms with Gasteiger partial charge in [0.15, 0.2) is 23.3 Å². The van der Waals surface area contributed by atoms with Crippen LogP contribution in [0.3, 0.4) is 0 Å². The van der Waals surface area contributed by atoms with Gasteiger partial charge in [0.2, 0.25) is 0 Å². The van der Waals surface area contributed by atoms with Gasteiger partial charge in [0.25, 0.3) is 0 Å². The maximum Gasteiger partial charge on any atom is 0.164 e. The van der Waals surface area contributed by atoms with E-state index in [-0.39, 0.29) is 5.41 Å². The van der Waals surface area contributed by atoms with E-state index in [1.54, 1.807) is 0 Å². The van der Waals surface area contributed by atoms with Crippen LogP contribution in [0, 0.1) is 6.92 Å². The molecule has 554 valence electrons. The number of rotatable bonds is 14. The van der Waals surface area contributed by atoms with Crippen molar-refractivity contribution < 1.29 is 0 Å². The predicted octanol–water partition coefficient (Wildman–Crippen LogP) is 27.5. The SMILES string of the molecule is CC(C)(C)c1ccc2ccc3c(-c4ccccc4)cc(-c4ccc(-c5ccc(-c6nc(-c7ccccc7)nc(-c7ccc(-c8ccccc8)cc7)n6)cc5)cc4)nc3c2n1.Cc1ccc2ccc3c(-c4ccccc4)cc(-c4ccc(-c5ccc(-c6nc(-c7ccccc7)cc(-c7ccc(-c8ccccc8)cc7)n6)cc5)cc4)nc3c2n1. The number of hydrogen-bond acceptors (Lipinski definition) is 9. The summed E-state index contributed by atoms with van der Waals surface area (Å²) in [6, 6.07) is 137. The van der Waals surface area contributed by atoms with Crippen LogP contribution >= 0.6 is 0 Å². The Balaban J connectivity index is 0.000000156. The van der Waals surface area contributed by atoms with E-state index in [4.69, 9.17) is 44.9 Å². The molecule has 6 heterocycles. The number of aryl methyl sites for hydroxylation is 1. The third-order valence-electron chi connectivity index (χ3n) is 21.7. The van der Waals surface area contributed by atoms with Gasteiger partial charge < -0.3 is 0 Å². The fourth-order valence-electron chi connectivity index (χ4n) is 15.3. The number of nitrogens with zero attached hydrogens (tertiary/aromatic N) is 9. The normalized spacial score (nSPS) is 11.4. The Hall–Kier alpha value is -15.2. The fourth-order valence-corrected chi connectivity index (χ4v) is 15.3. The van der Waals surface area contributed by atoms with Crippen LogP contribution in [0.4, 0.5) is 0 Å². The standard InChI is InChI=1S/C55H41N5.C53H36N4/c1-55(2,3)49-34-32-42-31-33-46-47(40-15-9-5-10-16-40)35-48(56-51(46)50(42)57-49)41-25-19-38(20-26-41)39-23-29-45(30-24-39)54-59-52(43-17-11-6-12-18-43)58-53(60-54)44-27-21-37(22-28-44)36-13-7-4-8-14-36;1-35-17-18-44-31-32-46-47(40-13-7-3-8-14-40)33-48(55-52(46)51(44)54-35)42-25-21-38(22-26-42)39-23-29-45(30-24-39)53-56-49(41-15-9-4-10-16-41)34-50(57-53)43-27-19-37(20-28-43)36-11-5-2-6-12-36/h4-35H,1-3H3;2-34H,1H3. The van der Waals surface area contributed by atoms with Crippen LogP contribution in [0.1, 0.15) is 32.2 Å². The molecule has 9 heteroatoms. The number of aromatic nitrogens is 9. The van der Waals surface area contributed by atoms with Crippen molar-refractivity contribution in [2.24, 2.45) is 0 Å². The van der Waals surface area contributed by atoms with E-state index in [1.165, 1.54) is 16.7 Å². The second-order valence-electron chi connectivity index (χ2n) is 30.5. The number of pyridine rings is 4. The van der Waals surface area contributed by atoms with Crippen molar-refractivity contribution in [3.05, 3.63) is 406 Å². The van der Waals surface area contributed by atoms with Crippen LogP contribution in [0.2, 0.25) is 0 Å². The van der Waals surface area contributed by atoms with Gasteiger partial charge in [-0.05, 0) is 104 Å². The van der Waals surface area contributed by atoms with Crippen molar-refractivity contribution in [1.29, 1.82) is 0 Å². The highest BCUT2D eigenvalue weighted by atomic mass is 15.0. The first-order valence-electron chi connectivity index (χ1n) is 39.5. The summed E-state index contributed by atoms with van der Waals surface area (Å²) in [4.78, 5) is 45.8. The monoisotopic (exact) mass is 1500 g/mol. The molecule has 14 aromatic carbocycles. The Morgan fingerprint density at radius 3 is 0.778 bits per heavy atom. The highest BCUT2D eigenvalue weighted by molar-refractivity contribution is 6.11. The molecule has 0 aliphatic rings. The van der Waals surface area contributed by atoms with Crippen molar-refractivity contribution in [2.45, 2.75) is 33.1 Å². The Morgan fingerprint density at radius 1 is 0.179 bits per heavy atom. The molecule has 0 atom stereocenters. The van der Waals surface area contributed by atoms with Gasteiger partial charge in [0.05, 0.1) is 44.8 Å². The van der Waals surface area contributed by atoms with Crippen molar-refractivity contribution in [1.82, 2.24) is 44.9 Å². The summed E-state index contributed by atoms with van der Waals surface area (Å²) >= 11 is 0. The molecule has 6 aromatic heterocycles. The largest absolute Gasteiger partial charge is 0.251 e. The molecule has 0 aliphatic carbocycles. The Bertz CT molecular complexity index is 6990. The lowest BCUT2D eigenvalue weighted by atomic mass is 9.91. The molecule has 9 nitrogen and oxygen atoms in total. The lowest BCUT2D eigenvalue weighted by Gasteiger charge is -2.19. The molecular weight excluding hydrogens is 1420 g/mol. The molecular formula is C108H77N9. The predicted molar refractivity (Wildman–Crippen MR) is 483 cm³/mol. The van der Waals surface area contributed by atoms with Gasteiger partial charge in [-0.1, -0.05) is 385 Å². The average Bonchev–Trinajstić information content (AvgIpc) is 0.754. The molecule has 20 aromatic rings. The quantitative estimate of drug-likeness (QED) is 0.0981. The summed E-state index contributed by atoms with van der Waals surface area (Å²) in [5.41, 5.74) is 30.9. The highest BCUT2D eigenvalue weighted by Gasteiger charge is 2.22. The van der Waals surface area contributed by atoms with E-state index >= 15 is 0 Å². The molecule has 0 unspecified atom stereocenters. The van der Waals surface area contributed by atoms with Gasteiger partial charge in [0.1, 0.15) is 0 Å². The van der Waals surface area contributed by atoms with Crippen molar-refractivity contribution in [3.63, 3.8) is 0 Å². The first-order valence-corrected chi connectivity index (χ1v) is 39.5. The van der Waals surface area contributed by atoms with Gasteiger partial charge in [0, 0.05) is 82.9 Å². The van der Waals surface area contributed by atoms with Gasteiger partial charge >= 0.3 is 0 Å². The van der Waals surface area contributed by atoms with E-state index < -0.39 is 0 Å². The van der Waals surface area contributed by atoms with Crippen LogP contribution in [-0.4, -0.2) is 44.9 Å². The van der Waals surface area contributed by atoms with Crippen LogP contribution in [-0.2, 0) is 5.41 Å². The Kier molecular flexibility index (Phi) is 19.4. The van der Waals surface area contributed by atoms with Crippen molar-refractivity contribution in [3.8, 4) is 157 Å². The Labute approximate surface area is 680 Å². The highest BCUT2D eigenvalue weighted by Crippen LogP contribution is 2.41. The van der Waals surface area contributed by atoms with Gasteiger partial charge in [-0.3, -0.25) is 4.98 Å². The third-order valence-corrected chi connectivity index (χ3v) is 21.7. The van der Waals surface area contributed by atoms with Crippen LogP contribution < -0.4 is 0 Å². The second kappa shape index (κ2) is 31.4. The first-order chi connectivity index (χ1) is 57.5. The zero-order valence-corrected chi connectivity index (χ0v) is 65.1. The average molecular weight is 1500 g/mol. The zero-order valence-electron chi connectivity index (χ0n) is 65.1. The minimum atomic E-state index is -0.0838. The zero-order chi connectivity index (χ0) is 78.8. The second-order valence-corrected chi connectivity index (χ2v) is 30.5. The molecule has 0 saturated heterocycles. The molecule has 0 aliphatic heterocycles. The number of hydrogen-bond donors (Lipinski definition) is 0. The van der Waals surface area contributed by atoms with Gasteiger partial charge in [-0.15, -0.1) is 0 Å². The van der Waals surface area contributed by atoms with Gasteiger partial charge in [-0.25, -0.2) is 39.9 Å². The number of fused-ring (bicyclic) bond motifs is 6. The summed E-state index contributed by atoms with van der Waals surface area (Å²) in [7, 11) is 0. The molecule has 117 heavy (non-hydrogen) atoms. The van der Waals surface area contributed by atoms with Crippen LogP contribution in [0.15, 0.2) is 394 Å². The minimum Gasteiger partial charge on any atom is -0.251 e. The maximum atomic E-state index is 5.32. The molecule has 0 fully saturated rings. The van der Waals surface area contributed by atoms with Crippen molar-refractivity contribution in [2.75, 3.05) is 0 Å².